The molecule has 3 rings (SSSR count). The number of rotatable bonds is 3. The Kier molecular flexibility index (Phi) is 3.19. The van der Waals surface area contributed by atoms with E-state index >= 15 is 0 Å². The number of nitrogens with zero attached hydrogens (tertiary/aromatic N) is 1. The second kappa shape index (κ2) is 5.14. The zero-order valence-corrected chi connectivity index (χ0v) is 10.5. The quantitative estimate of drug-likeness (QED) is 0.787. The second-order valence-corrected chi connectivity index (χ2v) is 4.69. The highest BCUT2D eigenvalue weighted by Gasteiger charge is 2.28. The van der Waals surface area contributed by atoms with Gasteiger partial charge in [0.25, 0.3) is 0 Å². The number of hydrogen-bond acceptors (Lipinski definition) is 2. The predicted octanol–water partition coefficient (Wildman–Crippen LogP) is 3.26. The van der Waals surface area contributed by atoms with Gasteiger partial charge in [-0.15, -0.1) is 0 Å². The van der Waals surface area contributed by atoms with E-state index < -0.39 is 0 Å². The van der Waals surface area contributed by atoms with Gasteiger partial charge in [-0.25, -0.2) is 0 Å². The molecular weight excluding hydrogens is 238 g/mol. The molecule has 0 saturated heterocycles. The lowest BCUT2D eigenvalue weighted by Crippen LogP contribution is -2.09. The van der Waals surface area contributed by atoms with E-state index in [1.807, 2.05) is 60.7 Å². The van der Waals surface area contributed by atoms with Crippen molar-refractivity contribution in [2.24, 2.45) is 0 Å². The van der Waals surface area contributed by atoms with Crippen molar-refractivity contribution in [1.29, 1.82) is 0 Å². The standard InChI is InChI=1S/C16H15NO2/c18-17-15(11-13-7-3-1-4-8-13)12-16(19-17)14-9-5-2-6-10-14/h1-10,16H,11-12H2. The Morgan fingerprint density at radius 3 is 2.32 bits per heavy atom. The average molecular weight is 253 g/mol. The van der Waals surface area contributed by atoms with Crippen LogP contribution in [-0.4, -0.2) is 10.6 Å². The molecular formula is C16H15NO2. The second-order valence-electron chi connectivity index (χ2n) is 4.69. The fourth-order valence-corrected chi connectivity index (χ4v) is 2.33. The molecule has 1 aliphatic rings. The third-order valence-corrected chi connectivity index (χ3v) is 3.32. The molecule has 3 heteroatoms. The van der Waals surface area contributed by atoms with Crippen LogP contribution in [0.4, 0.5) is 0 Å². The van der Waals surface area contributed by atoms with E-state index in [4.69, 9.17) is 4.84 Å². The molecule has 1 atom stereocenters. The summed E-state index contributed by atoms with van der Waals surface area (Å²) in [6.45, 7) is 0. The summed E-state index contributed by atoms with van der Waals surface area (Å²) in [4.78, 5) is 6.06. The zero-order valence-electron chi connectivity index (χ0n) is 10.5. The van der Waals surface area contributed by atoms with Gasteiger partial charge in [0, 0.05) is 4.90 Å². The van der Waals surface area contributed by atoms with Crippen LogP contribution in [-0.2, 0) is 11.3 Å². The van der Waals surface area contributed by atoms with Crippen LogP contribution in [0.2, 0.25) is 0 Å². The fraction of sp³-hybridized carbons (Fsp3) is 0.188. The summed E-state index contributed by atoms with van der Waals surface area (Å²) in [7, 11) is 0. The molecule has 0 bridgehead atoms. The maximum atomic E-state index is 11.8. The lowest BCUT2D eigenvalue weighted by Gasteiger charge is -2.10. The van der Waals surface area contributed by atoms with Gasteiger partial charge in [0.1, 0.15) is 6.10 Å². The molecule has 0 saturated carbocycles. The molecule has 19 heavy (non-hydrogen) atoms. The fourth-order valence-electron chi connectivity index (χ4n) is 2.33. The Morgan fingerprint density at radius 1 is 1.00 bits per heavy atom. The minimum atomic E-state index is -0.155. The Hall–Kier alpha value is -2.29. The van der Waals surface area contributed by atoms with Gasteiger partial charge in [-0.2, -0.15) is 0 Å². The van der Waals surface area contributed by atoms with Crippen LogP contribution in [0.25, 0.3) is 0 Å². The molecule has 0 amide bonds. The Labute approximate surface area is 112 Å². The smallest absolute Gasteiger partial charge is 0.228 e. The molecule has 0 spiro atoms. The first kappa shape index (κ1) is 11.8. The number of benzene rings is 2. The summed E-state index contributed by atoms with van der Waals surface area (Å²) >= 11 is 0. The van der Waals surface area contributed by atoms with Gasteiger partial charge in [0.05, 0.1) is 12.8 Å². The monoisotopic (exact) mass is 253 g/mol. The van der Waals surface area contributed by atoms with Crippen molar-refractivity contribution in [2.45, 2.75) is 18.9 Å². The SMILES string of the molecule is [O-][N+]1=C(Cc2ccccc2)CC(c2ccccc2)O1. The predicted molar refractivity (Wildman–Crippen MR) is 73.7 cm³/mol. The largest absolute Gasteiger partial charge is 0.395 e. The summed E-state index contributed by atoms with van der Waals surface area (Å²) in [6, 6.07) is 19.8. The van der Waals surface area contributed by atoms with E-state index in [9.17, 15) is 5.21 Å². The molecule has 0 radical (unpaired) electrons. The maximum absolute atomic E-state index is 11.8. The Morgan fingerprint density at radius 2 is 1.63 bits per heavy atom. The van der Waals surface area contributed by atoms with Gasteiger partial charge in [-0.05, 0) is 11.1 Å². The molecule has 1 aliphatic heterocycles. The normalized spacial score (nSPS) is 18.4. The van der Waals surface area contributed by atoms with Crippen LogP contribution in [0.5, 0.6) is 0 Å². The lowest BCUT2D eigenvalue weighted by atomic mass is 10.0. The molecule has 3 nitrogen and oxygen atoms in total. The van der Waals surface area contributed by atoms with Gasteiger partial charge < -0.3 is 4.84 Å². The maximum Gasteiger partial charge on any atom is 0.228 e. The molecule has 2 aromatic carbocycles. The van der Waals surface area contributed by atoms with Crippen LogP contribution in [0, 0.1) is 5.21 Å². The Bertz CT molecular complexity index is 578. The number of hydrogen-bond donors (Lipinski definition) is 0. The molecule has 1 heterocycles. The summed E-state index contributed by atoms with van der Waals surface area (Å²) in [5.41, 5.74) is 2.96. The lowest BCUT2D eigenvalue weighted by molar-refractivity contribution is -0.743. The summed E-state index contributed by atoms with van der Waals surface area (Å²) in [6.07, 6.45) is 1.15. The Balaban J connectivity index is 1.73. The van der Waals surface area contributed by atoms with E-state index in [-0.39, 0.29) is 6.10 Å². The van der Waals surface area contributed by atoms with Crippen molar-refractivity contribution >= 4 is 5.71 Å². The molecule has 1 unspecified atom stereocenters. The minimum absolute atomic E-state index is 0.155. The van der Waals surface area contributed by atoms with Gasteiger partial charge in [-0.1, -0.05) is 60.7 Å². The van der Waals surface area contributed by atoms with Crippen molar-refractivity contribution < 1.29 is 9.74 Å². The van der Waals surface area contributed by atoms with Gasteiger partial charge in [0.15, 0.2) is 0 Å². The molecule has 0 N–H and O–H groups in total. The van der Waals surface area contributed by atoms with E-state index in [0.717, 1.165) is 16.8 Å². The minimum Gasteiger partial charge on any atom is -0.395 e. The van der Waals surface area contributed by atoms with E-state index in [1.54, 1.807) is 0 Å². The zero-order chi connectivity index (χ0) is 13.1. The summed E-state index contributed by atoms with van der Waals surface area (Å²) in [5, 5.41) is 11.8. The third kappa shape index (κ3) is 2.60. The third-order valence-electron chi connectivity index (χ3n) is 3.32. The average Bonchev–Trinajstić information content (AvgIpc) is 2.82. The van der Waals surface area contributed by atoms with Crippen LogP contribution in [0.3, 0.4) is 0 Å². The molecule has 0 aliphatic carbocycles. The molecule has 96 valence electrons. The van der Waals surface area contributed by atoms with Crippen LogP contribution >= 0.6 is 0 Å². The van der Waals surface area contributed by atoms with Gasteiger partial charge in [-0.3, -0.25) is 5.21 Å². The topological polar surface area (TPSA) is 35.3 Å². The summed E-state index contributed by atoms with van der Waals surface area (Å²) < 4.78 is 0. The first-order valence-electron chi connectivity index (χ1n) is 6.40. The molecule has 0 fully saturated rings. The van der Waals surface area contributed by atoms with Crippen molar-refractivity contribution in [3.63, 3.8) is 0 Å². The van der Waals surface area contributed by atoms with Crippen LogP contribution in [0.1, 0.15) is 23.7 Å². The molecule has 2 aromatic rings. The van der Waals surface area contributed by atoms with E-state index in [0.29, 0.717) is 17.7 Å². The van der Waals surface area contributed by atoms with Crippen LogP contribution < -0.4 is 0 Å². The summed E-state index contributed by atoms with van der Waals surface area (Å²) in [5.74, 6) is 0. The van der Waals surface area contributed by atoms with E-state index in [2.05, 4.69) is 0 Å². The van der Waals surface area contributed by atoms with Crippen LogP contribution in [0.15, 0.2) is 60.7 Å². The highest BCUT2D eigenvalue weighted by molar-refractivity contribution is 5.83. The van der Waals surface area contributed by atoms with Crippen molar-refractivity contribution in [2.75, 3.05) is 0 Å². The molecule has 0 aromatic heterocycles. The van der Waals surface area contributed by atoms with Gasteiger partial charge in [0.2, 0.25) is 5.71 Å². The first-order valence-corrected chi connectivity index (χ1v) is 6.40. The van der Waals surface area contributed by atoms with E-state index in [1.165, 1.54) is 0 Å². The van der Waals surface area contributed by atoms with Crippen molar-refractivity contribution in [3.8, 4) is 0 Å². The van der Waals surface area contributed by atoms with Gasteiger partial charge >= 0.3 is 0 Å². The van der Waals surface area contributed by atoms with Crippen molar-refractivity contribution in [3.05, 3.63) is 77.0 Å². The highest BCUT2D eigenvalue weighted by Crippen LogP contribution is 2.27. The van der Waals surface area contributed by atoms with Crippen molar-refractivity contribution in [1.82, 2.24) is 0 Å². The first-order chi connectivity index (χ1) is 9.33. The highest BCUT2D eigenvalue weighted by atomic mass is 16.9.